The number of nitrogens with one attached hydrogen (secondary N) is 1. The first kappa shape index (κ1) is 13.8. The van der Waals surface area contributed by atoms with Crippen molar-refractivity contribution in [1.29, 1.82) is 0 Å². The number of rotatable bonds is 4. The molecule has 0 bridgehead atoms. The van der Waals surface area contributed by atoms with Crippen LogP contribution in [0.25, 0.3) is 0 Å². The maximum Gasteiger partial charge on any atom is 0.251 e. The standard InChI is InChI=1S/C13H16N4OS/c1-8-6-11(18)17-13(16-8)19-12(9(2)14)10-4-3-5-15-7-10/h3-7,9,12H,14H2,1-2H3,(H,16,17,18). The van der Waals surface area contributed by atoms with Crippen LogP contribution in [-0.4, -0.2) is 21.0 Å². The van der Waals surface area contributed by atoms with E-state index in [1.165, 1.54) is 17.8 Å². The molecule has 0 radical (unpaired) electrons. The van der Waals surface area contributed by atoms with Gasteiger partial charge in [-0.3, -0.25) is 9.78 Å². The Bertz CT molecular complexity index is 597. The van der Waals surface area contributed by atoms with Crippen molar-refractivity contribution in [3.8, 4) is 0 Å². The van der Waals surface area contributed by atoms with Crippen LogP contribution < -0.4 is 11.3 Å². The molecule has 0 fully saturated rings. The summed E-state index contributed by atoms with van der Waals surface area (Å²) in [6.45, 7) is 3.73. The Labute approximate surface area is 115 Å². The Morgan fingerprint density at radius 2 is 2.26 bits per heavy atom. The number of aromatic nitrogens is 3. The van der Waals surface area contributed by atoms with Crippen molar-refractivity contribution >= 4 is 11.8 Å². The fourth-order valence-corrected chi connectivity index (χ4v) is 2.84. The van der Waals surface area contributed by atoms with Gasteiger partial charge >= 0.3 is 0 Å². The van der Waals surface area contributed by atoms with E-state index in [-0.39, 0.29) is 16.9 Å². The molecular weight excluding hydrogens is 260 g/mol. The number of aryl methyl sites for hydroxylation is 1. The summed E-state index contributed by atoms with van der Waals surface area (Å²) < 4.78 is 0. The van der Waals surface area contributed by atoms with E-state index >= 15 is 0 Å². The minimum Gasteiger partial charge on any atom is -0.327 e. The van der Waals surface area contributed by atoms with Crippen LogP contribution in [0.4, 0.5) is 0 Å². The van der Waals surface area contributed by atoms with Gasteiger partial charge in [-0.15, -0.1) is 0 Å². The molecule has 0 aliphatic rings. The third-order valence-corrected chi connectivity index (χ3v) is 3.95. The quantitative estimate of drug-likeness (QED) is 0.655. The summed E-state index contributed by atoms with van der Waals surface area (Å²) in [5.41, 5.74) is 7.59. The molecule has 5 nitrogen and oxygen atoms in total. The van der Waals surface area contributed by atoms with Gasteiger partial charge in [0.25, 0.3) is 5.56 Å². The molecule has 2 aromatic rings. The van der Waals surface area contributed by atoms with Gasteiger partial charge in [0.1, 0.15) is 0 Å². The molecule has 0 spiro atoms. The van der Waals surface area contributed by atoms with Gasteiger partial charge in [-0.1, -0.05) is 17.8 Å². The maximum atomic E-state index is 11.4. The Morgan fingerprint density at radius 1 is 1.47 bits per heavy atom. The Morgan fingerprint density at radius 3 is 2.84 bits per heavy atom. The van der Waals surface area contributed by atoms with Gasteiger partial charge in [-0.05, 0) is 25.5 Å². The highest BCUT2D eigenvalue weighted by Gasteiger charge is 2.19. The van der Waals surface area contributed by atoms with Crippen LogP contribution in [-0.2, 0) is 0 Å². The Hall–Kier alpha value is -1.66. The fourth-order valence-electron chi connectivity index (χ4n) is 1.75. The highest BCUT2D eigenvalue weighted by molar-refractivity contribution is 7.99. The summed E-state index contributed by atoms with van der Waals surface area (Å²) in [5.74, 6) is 0. The molecule has 0 saturated carbocycles. The second-order valence-electron chi connectivity index (χ2n) is 4.38. The van der Waals surface area contributed by atoms with Crippen molar-refractivity contribution in [2.45, 2.75) is 30.3 Å². The number of aromatic amines is 1. The number of pyridine rings is 1. The largest absolute Gasteiger partial charge is 0.327 e. The molecule has 0 saturated heterocycles. The van der Waals surface area contributed by atoms with Crippen molar-refractivity contribution in [3.63, 3.8) is 0 Å². The van der Waals surface area contributed by atoms with Crippen LogP contribution >= 0.6 is 11.8 Å². The topological polar surface area (TPSA) is 84.7 Å². The van der Waals surface area contributed by atoms with Crippen molar-refractivity contribution in [2.24, 2.45) is 5.73 Å². The Kier molecular flexibility index (Phi) is 4.34. The van der Waals surface area contributed by atoms with E-state index in [9.17, 15) is 4.79 Å². The second-order valence-corrected chi connectivity index (χ2v) is 5.51. The van der Waals surface area contributed by atoms with Crippen molar-refractivity contribution in [1.82, 2.24) is 15.0 Å². The molecule has 2 heterocycles. The number of nitrogens with zero attached hydrogens (tertiary/aromatic N) is 2. The molecular formula is C13H16N4OS. The van der Waals surface area contributed by atoms with Crippen LogP contribution in [0.2, 0.25) is 0 Å². The van der Waals surface area contributed by atoms with E-state index in [1.54, 1.807) is 19.3 Å². The van der Waals surface area contributed by atoms with Crippen molar-refractivity contribution in [2.75, 3.05) is 0 Å². The average Bonchev–Trinajstić information content (AvgIpc) is 2.35. The Balaban J connectivity index is 2.29. The molecule has 100 valence electrons. The molecule has 0 aliphatic heterocycles. The lowest BCUT2D eigenvalue weighted by atomic mass is 10.1. The van der Waals surface area contributed by atoms with E-state index in [1.807, 2.05) is 19.1 Å². The third-order valence-electron chi connectivity index (χ3n) is 2.58. The summed E-state index contributed by atoms with van der Waals surface area (Å²) in [4.78, 5) is 22.6. The van der Waals surface area contributed by atoms with Gasteiger partial charge in [0, 0.05) is 30.2 Å². The first-order valence-electron chi connectivity index (χ1n) is 5.96. The number of hydrogen-bond donors (Lipinski definition) is 2. The zero-order chi connectivity index (χ0) is 13.8. The van der Waals surface area contributed by atoms with Gasteiger partial charge < -0.3 is 10.7 Å². The van der Waals surface area contributed by atoms with E-state index in [2.05, 4.69) is 15.0 Å². The summed E-state index contributed by atoms with van der Waals surface area (Å²) in [6, 6.07) is 5.23. The van der Waals surface area contributed by atoms with Crippen LogP contribution in [0.15, 0.2) is 40.5 Å². The lowest BCUT2D eigenvalue weighted by Crippen LogP contribution is -2.23. The van der Waals surface area contributed by atoms with Crippen LogP contribution in [0.5, 0.6) is 0 Å². The van der Waals surface area contributed by atoms with Crippen molar-refractivity contribution < 1.29 is 0 Å². The summed E-state index contributed by atoms with van der Waals surface area (Å²) >= 11 is 1.45. The number of thioether (sulfide) groups is 1. The molecule has 0 amide bonds. The van der Waals surface area contributed by atoms with Gasteiger partial charge in [-0.2, -0.15) is 0 Å². The number of hydrogen-bond acceptors (Lipinski definition) is 5. The van der Waals surface area contributed by atoms with Crippen LogP contribution in [0.1, 0.15) is 23.4 Å². The molecule has 2 aromatic heterocycles. The first-order valence-corrected chi connectivity index (χ1v) is 6.84. The average molecular weight is 276 g/mol. The fraction of sp³-hybridized carbons (Fsp3) is 0.308. The summed E-state index contributed by atoms with van der Waals surface area (Å²) in [6.07, 6.45) is 3.51. The van der Waals surface area contributed by atoms with E-state index in [0.29, 0.717) is 10.9 Å². The minimum atomic E-state index is -0.149. The molecule has 2 rings (SSSR count). The van der Waals surface area contributed by atoms with Gasteiger partial charge in [0.15, 0.2) is 5.16 Å². The normalized spacial score (nSPS) is 14.1. The van der Waals surface area contributed by atoms with Gasteiger partial charge in [0.2, 0.25) is 0 Å². The molecule has 19 heavy (non-hydrogen) atoms. The molecule has 0 aromatic carbocycles. The third kappa shape index (κ3) is 3.65. The van der Waals surface area contributed by atoms with E-state index < -0.39 is 0 Å². The number of nitrogens with two attached hydrogens (primary N) is 1. The maximum absolute atomic E-state index is 11.4. The van der Waals surface area contributed by atoms with Crippen LogP contribution in [0.3, 0.4) is 0 Å². The molecule has 0 aliphatic carbocycles. The predicted molar refractivity (Wildman–Crippen MR) is 76.1 cm³/mol. The molecule has 3 N–H and O–H groups in total. The smallest absolute Gasteiger partial charge is 0.251 e. The van der Waals surface area contributed by atoms with Crippen LogP contribution in [0, 0.1) is 6.92 Å². The van der Waals surface area contributed by atoms with E-state index in [4.69, 9.17) is 5.73 Å². The lowest BCUT2D eigenvalue weighted by Gasteiger charge is -2.19. The zero-order valence-corrected chi connectivity index (χ0v) is 11.6. The minimum absolute atomic E-state index is 0.00125. The molecule has 2 unspecified atom stereocenters. The summed E-state index contributed by atoms with van der Waals surface area (Å²) in [5, 5.41) is 0.579. The highest BCUT2D eigenvalue weighted by Crippen LogP contribution is 2.34. The van der Waals surface area contributed by atoms with Crippen molar-refractivity contribution in [3.05, 3.63) is 52.2 Å². The SMILES string of the molecule is Cc1cc(=O)[nH]c(SC(c2cccnc2)C(C)N)n1. The molecule has 6 heteroatoms. The van der Waals surface area contributed by atoms with Gasteiger partial charge in [0.05, 0.1) is 5.25 Å². The highest BCUT2D eigenvalue weighted by atomic mass is 32.2. The predicted octanol–water partition coefficient (Wildman–Crippen LogP) is 1.65. The van der Waals surface area contributed by atoms with E-state index in [0.717, 1.165) is 5.56 Å². The summed E-state index contributed by atoms with van der Waals surface area (Å²) in [7, 11) is 0. The monoisotopic (exact) mass is 276 g/mol. The molecule has 2 atom stereocenters. The lowest BCUT2D eigenvalue weighted by molar-refractivity contribution is 0.714. The van der Waals surface area contributed by atoms with Gasteiger partial charge in [-0.25, -0.2) is 4.98 Å². The number of H-pyrrole nitrogens is 1. The zero-order valence-electron chi connectivity index (χ0n) is 10.8. The first-order chi connectivity index (χ1) is 9.06. The second kappa shape index (κ2) is 5.99.